The van der Waals surface area contributed by atoms with Gasteiger partial charge in [-0.25, -0.2) is 0 Å². The van der Waals surface area contributed by atoms with Gasteiger partial charge in [0.2, 0.25) is 0 Å². The number of allylic oxidation sites excluding steroid dienone is 2. The molecule has 0 aliphatic carbocycles. The topological polar surface area (TPSA) is 59.6 Å². The van der Waals surface area contributed by atoms with Crippen LogP contribution in [-0.2, 0) is 0 Å². The van der Waals surface area contributed by atoms with Crippen molar-refractivity contribution in [2.75, 3.05) is 0 Å². The molecule has 1 unspecified atom stereocenters. The first-order valence-corrected chi connectivity index (χ1v) is 3.68. The van der Waals surface area contributed by atoms with Gasteiger partial charge in [-0.15, -0.1) is 0 Å². The van der Waals surface area contributed by atoms with Crippen LogP contribution in [0, 0.1) is 22.7 Å². The molecule has 1 atom stereocenters. The van der Waals surface area contributed by atoms with E-state index in [0.717, 1.165) is 5.57 Å². The van der Waals surface area contributed by atoms with E-state index in [9.17, 15) is 0 Å². The molecule has 0 aromatic carbocycles. The predicted octanol–water partition coefficient (Wildman–Crippen LogP) is 1.23. The minimum absolute atomic E-state index is 0.0205. The highest BCUT2D eigenvalue weighted by Gasteiger charge is 2.17. The summed E-state index contributed by atoms with van der Waals surface area (Å²) < 4.78 is 0. The van der Waals surface area contributed by atoms with Gasteiger partial charge in [0.05, 0.1) is 23.3 Å². The first-order chi connectivity index (χ1) is 5.70. The summed E-state index contributed by atoms with van der Waals surface area (Å²) >= 11 is 0. The summed E-state index contributed by atoms with van der Waals surface area (Å²) in [5.74, 6) is 0. The lowest BCUT2D eigenvalue weighted by Gasteiger charge is -2.18. The van der Waals surface area contributed by atoms with Gasteiger partial charge in [0, 0.05) is 6.20 Å². The minimum atomic E-state index is 0.0205. The number of dihydropyridines is 1. The van der Waals surface area contributed by atoms with Crippen LogP contribution in [0.4, 0.5) is 0 Å². The Kier molecular flexibility index (Phi) is 2.16. The third-order valence-corrected chi connectivity index (χ3v) is 1.96. The maximum Gasteiger partial charge on any atom is 0.101 e. The number of hydrogen-bond acceptors (Lipinski definition) is 3. The van der Waals surface area contributed by atoms with Gasteiger partial charge in [0.1, 0.15) is 6.07 Å². The Morgan fingerprint density at radius 1 is 1.42 bits per heavy atom. The van der Waals surface area contributed by atoms with Crippen molar-refractivity contribution in [3.63, 3.8) is 0 Å². The molecule has 0 aromatic rings. The number of nitrogens with one attached hydrogen (secondary N) is 1. The van der Waals surface area contributed by atoms with Gasteiger partial charge in [0.25, 0.3) is 0 Å². The van der Waals surface area contributed by atoms with Crippen LogP contribution in [0.1, 0.15) is 13.8 Å². The molecule has 1 aliphatic heterocycles. The van der Waals surface area contributed by atoms with E-state index in [1.807, 2.05) is 13.0 Å². The van der Waals surface area contributed by atoms with E-state index in [2.05, 4.69) is 11.4 Å². The van der Waals surface area contributed by atoms with E-state index < -0.39 is 0 Å². The lowest BCUT2D eigenvalue weighted by Crippen LogP contribution is -2.27. The van der Waals surface area contributed by atoms with Gasteiger partial charge in [-0.3, -0.25) is 0 Å². The summed E-state index contributed by atoms with van der Waals surface area (Å²) in [6, 6.07) is 4.14. The highest BCUT2D eigenvalue weighted by Crippen LogP contribution is 2.19. The predicted molar refractivity (Wildman–Crippen MR) is 44.6 cm³/mol. The monoisotopic (exact) mass is 159 g/mol. The fourth-order valence-electron chi connectivity index (χ4n) is 1.17. The Hall–Kier alpha value is -1.74. The Bertz CT molecular complexity index is 336. The Morgan fingerprint density at radius 2 is 2.08 bits per heavy atom. The second-order valence-corrected chi connectivity index (χ2v) is 2.71. The van der Waals surface area contributed by atoms with E-state index in [4.69, 9.17) is 10.5 Å². The van der Waals surface area contributed by atoms with Gasteiger partial charge < -0.3 is 5.32 Å². The van der Waals surface area contributed by atoms with Crippen LogP contribution in [0.15, 0.2) is 22.9 Å². The van der Waals surface area contributed by atoms with Crippen molar-refractivity contribution in [3.05, 3.63) is 22.9 Å². The Morgan fingerprint density at radius 3 is 2.58 bits per heavy atom. The molecule has 0 aromatic heterocycles. The molecule has 0 saturated carbocycles. The molecular weight excluding hydrogens is 150 g/mol. The van der Waals surface area contributed by atoms with Crippen LogP contribution in [0.5, 0.6) is 0 Å². The first-order valence-electron chi connectivity index (χ1n) is 3.68. The maximum absolute atomic E-state index is 8.76. The third kappa shape index (κ3) is 1.17. The molecule has 1 N–H and O–H groups in total. The molecule has 0 bridgehead atoms. The van der Waals surface area contributed by atoms with E-state index in [1.165, 1.54) is 0 Å². The fourth-order valence-corrected chi connectivity index (χ4v) is 1.17. The number of nitriles is 2. The molecule has 0 radical (unpaired) electrons. The summed E-state index contributed by atoms with van der Waals surface area (Å²) in [6.07, 6.45) is 1.65. The van der Waals surface area contributed by atoms with E-state index in [-0.39, 0.29) is 6.04 Å². The normalized spacial score (nSPS) is 22.0. The van der Waals surface area contributed by atoms with Gasteiger partial charge in [-0.05, 0) is 19.4 Å². The highest BCUT2D eigenvalue weighted by molar-refractivity contribution is 5.51. The van der Waals surface area contributed by atoms with E-state index in [0.29, 0.717) is 11.1 Å². The van der Waals surface area contributed by atoms with Crippen LogP contribution >= 0.6 is 0 Å². The molecule has 1 aliphatic rings. The molecule has 3 nitrogen and oxygen atoms in total. The third-order valence-electron chi connectivity index (χ3n) is 1.96. The SMILES string of the molecule is CC1=C(C#N)C(C)NC=C1C#N. The largest absolute Gasteiger partial charge is 0.383 e. The summed E-state index contributed by atoms with van der Waals surface area (Å²) in [5.41, 5.74) is 1.98. The average molecular weight is 159 g/mol. The summed E-state index contributed by atoms with van der Waals surface area (Å²) in [5, 5.41) is 20.4. The quantitative estimate of drug-likeness (QED) is 0.578. The molecule has 12 heavy (non-hydrogen) atoms. The van der Waals surface area contributed by atoms with E-state index in [1.54, 1.807) is 13.1 Å². The molecule has 1 heterocycles. The van der Waals surface area contributed by atoms with Crippen molar-refractivity contribution in [2.24, 2.45) is 0 Å². The molecule has 1 rings (SSSR count). The second kappa shape index (κ2) is 3.11. The molecule has 60 valence electrons. The standard InChI is InChI=1S/C9H9N3/c1-6-8(3-10)5-12-7(2)9(6)4-11/h5,7,12H,1-2H3. The summed E-state index contributed by atoms with van der Waals surface area (Å²) in [7, 11) is 0. The zero-order valence-electron chi connectivity index (χ0n) is 7.05. The summed E-state index contributed by atoms with van der Waals surface area (Å²) in [6.45, 7) is 3.69. The molecular formula is C9H9N3. The Labute approximate surface area is 71.6 Å². The van der Waals surface area contributed by atoms with Crippen molar-refractivity contribution in [1.29, 1.82) is 10.5 Å². The van der Waals surface area contributed by atoms with Crippen molar-refractivity contribution in [1.82, 2.24) is 5.32 Å². The van der Waals surface area contributed by atoms with Crippen LogP contribution < -0.4 is 5.32 Å². The average Bonchev–Trinajstić information content (AvgIpc) is 2.06. The molecule has 0 spiro atoms. The van der Waals surface area contributed by atoms with Crippen molar-refractivity contribution >= 4 is 0 Å². The van der Waals surface area contributed by atoms with Crippen LogP contribution in [0.3, 0.4) is 0 Å². The van der Waals surface area contributed by atoms with Gasteiger partial charge in [0.15, 0.2) is 0 Å². The zero-order valence-corrected chi connectivity index (χ0v) is 7.05. The molecule has 3 heteroatoms. The fraction of sp³-hybridized carbons (Fsp3) is 0.333. The smallest absolute Gasteiger partial charge is 0.101 e. The highest BCUT2D eigenvalue weighted by atomic mass is 14.9. The first kappa shape index (κ1) is 8.36. The number of nitrogens with zero attached hydrogens (tertiary/aromatic N) is 2. The van der Waals surface area contributed by atoms with Crippen molar-refractivity contribution in [3.8, 4) is 12.1 Å². The second-order valence-electron chi connectivity index (χ2n) is 2.71. The van der Waals surface area contributed by atoms with Crippen molar-refractivity contribution in [2.45, 2.75) is 19.9 Å². The number of rotatable bonds is 0. The lowest BCUT2D eigenvalue weighted by molar-refractivity contribution is 0.722. The number of hydrogen-bond donors (Lipinski definition) is 1. The van der Waals surface area contributed by atoms with Crippen molar-refractivity contribution < 1.29 is 0 Å². The van der Waals surface area contributed by atoms with Crippen LogP contribution in [0.2, 0.25) is 0 Å². The molecule has 0 amide bonds. The van der Waals surface area contributed by atoms with E-state index >= 15 is 0 Å². The van der Waals surface area contributed by atoms with Gasteiger partial charge in [-0.2, -0.15) is 10.5 Å². The van der Waals surface area contributed by atoms with Crippen LogP contribution in [0.25, 0.3) is 0 Å². The molecule has 0 saturated heterocycles. The Balaban J connectivity index is 3.15. The minimum Gasteiger partial charge on any atom is -0.383 e. The lowest BCUT2D eigenvalue weighted by atomic mass is 9.96. The summed E-state index contributed by atoms with van der Waals surface area (Å²) in [4.78, 5) is 0. The van der Waals surface area contributed by atoms with Crippen LogP contribution in [-0.4, -0.2) is 6.04 Å². The maximum atomic E-state index is 8.76. The molecule has 0 fully saturated rings. The van der Waals surface area contributed by atoms with Gasteiger partial charge >= 0.3 is 0 Å². The zero-order chi connectivity index (χ0) is 9.14. The van der Waals surface area contributed by atoms with Gasteiger partial charge in [-0.1, -0.05) is 0 Å².